The Kier molecular flexibility index (Phi) is 7.87. The number of thiophene rings is 1. The Bertz CT molecular complexity index is 1180. The van der Waals surface area contributed by atoms with Gasteiger partial charge in [-0.1, -0.05) is 42.3 Å². The van der Waals surface area contributed by atoms with E-state index in [1.54, 1.807) is 6.92 Å². The van der Waals surface area contributed by atoms with Crippen LogP contribution < -0.4 is 4.74 Å². The highest BCUT2D eigenvalue weighted by Gasteiger charge is 2.19. The van der Waals surface area contributed by atoms with E-state index in [1.165, 1.54) is 19.8 Å². The van der Waals surface area contributed by atoms with Crippen molar-refractivity contribution in [3.05, 3.63) is 85.5 Å². The number of rotatable bonds is 8. The Balaban J connectivity index is 1.34. The second kappa shape index (κ2) is 11.0. The van der Waals surface area contributed by atoms with E-state index in [9.17, 15) is 4.79 Å². The lowest BCUT2D eigenvalue weighted by molar-refractivity contribution is -0.137. The molecule has 0 saturated heterocycles. The summed E-state index contributed by atoms with van der Waals surface area (Å²) >= 11 is 5.46. The lowest BCUT2D eigenvalue weighted by Gasteiger charge is -2.26. The van der Waals surface area contributed by atoms with E-state index in [4.69, 9.17) is 9.84 Å². The molecule has 33 heavy (non-hydrogen) atoms. The predicted molar refractivity (Wildman–Crippen MR) is 135 cm³/mol. The van der Waals surface area contributed by atoms with Crippen molar-refractivity contribution in [2.75, 3.05) is 6.54 Å². The van der Waals surface area contributed by atoms with Crippen LogP contribution in [-0.2, 0) is 30.9 Å². The Labute approximate surface area is 207 Å². The number of carboxylic acids is 1. The molecule has 0 radical (unpaired) electrons. The summed E-state index contributed by atoms with van der Waals surface area (Å²) in [6.45, 7) is 5.22. The average Bonchev–Trinajstić information content (AvgIpc) is 3.17. The number of nitrogens with zero attached hydrogens (tertiary/aromatic N) is 1. The number of hydrogen-bond acceptors (Lipinski definition) is 4. The number of aliphatic carboxylic acids is 1. The van der Waals surface area contributed by atoms with Crippen molar-refractivity contribution in [1.82, 2.24) is 4.90 Å². The van der Waals surface area contributed by atoms with E-state index in [-0.39, 0.29) is 12.3 Å². The lowest BCUT2D eigenvalue weighted by Crippen LogP contribution is -2.29. The summed E-state index contributed by atoms with van der Waals surface area (Å²) in [5.41, 5.74) is 4.76. The minimum atomic E-state index is -0.851. The molecule has 0 aliphatic carbocycles. The SMILES string of the molecule is CC#C[C@@H](CC(=O)O)c1ccc(OCc2cccc(CN3CCc4sc(Br)cc4C3)c2)cc1. The Hall–Kier alpha value is -2.59. The van der Waals surface area contributed by atoms with Crippen LogP contribution in [0.3, 0.4) is 0 Å². The largest absolute Gasteiger partial charge is 0.489 e. The molecule has 0 unspecified atom stereocenters. The fourth-order valence-corrected chi connectivity index (χ4v) is 5.88. The Morgan fingerprint density at radius 3 is 2.76 bits per heavy atom. The van der Waals surface area contributed by atoms with Crippen LogP contribution in [-0.4, -0.2) is 22.5 Å². The maximum absolute atomic E-state index is 11.1. The molecule has 2 heterocycles. The predicted octanol–water partition coefficient (Wildman–Crippen LogP) is 6.23. The smallest absolute Gasteiger partial charge is 0.304 e. The minimum absolute atomic E-state index is 0.00412. The lowest BCUT2D eigenvalue weighted by atomic mass is 9.96. The maximum Gasteiger partial charge on any atom is 0.304 e. The molecule has 0 bridgehead atoms. The molecule has 1 aliphatic rings. The normalized spacial score (nSPS) is 14.1. The molecule has 0 saturated carbocycles. The van der Waals surface area contributed by atoms with Gasteiger partial charge >= 0.3 is 5.97 Å². The summed E-state index contributed by atoms with van der Waals surface area (Å²) in [7, 11) is 0. The maximum atomic E-state index is 11.1. The van der Waals surface area contributed by atoms with E-state index in [0.29, 0.717) is 6.61 Å². The number of fused-ring (bicyclic) bond motifs is 1. The first-order valence-corrected chi connectivity index (χ1v) is 12.5. The van der Waals surface area contributed by atoms with Crippen LogP contribution in [0.4, 0.5) is 0 Å². The van der Waals surface area contributed by atoms with E-state index in [1.807, 2.05) is 35.6 Å². The summed E-state index contributed by atoms with van der Waals surface area (Å²) in [5, 5.41) is 9.11. The quantitative estimate of drug-likeness (QED) is 0.355. The van der Waals surface area contributed by atoms with Crippen molar-refractivity contribution >= 4 is 33.2 Å². The number of hydrogen-bond donors (Lipinski definition) is 1. The molecular weight excluding hydrogens is 498 g/mol. The highest BCUT2D eigenvalue weighted by atomic mass is 79.9. The van der Waals surface area contributed by atoms with Crippen LogP contribution in [0.15, 0.2) is 58.4 Å². The van der Waals surface area contributed by atoms with E-state index in [0.717, 1.165) is 42.9 Å². The van der Waals surface area contributed by atoms with E-state index < -0.39 is 5.97 Å². The van der Waals surface area contributed by atoms with Gasteiger partial charge in [-0.2, -0.15) is 0 Å². The first-order valence-electron chi connectivity index (χ1n) is 10.9. The summed E-state index contributed by atoms with van der Waals surface area (Å²) in [6, 6.07) is 18.4. The van der Waals surface area contributed by atoms with Crippen LogP contribution >= 0.6 is 27.3 Å². The third kappa shape index (κ3) is 6.48. The molecule has 4 nitrogen and oxygen atoms in total. The van der Waals surface area contributed by atoms with Gasteiger partial charge in [-0.3, -0.25) is 9.69 Å². The summed E-state index contributed by atoms with van der Waals surface area (Å²) in [5.74, 6) is 5.40. The topological polar surface area (TPSA) is 49.8 Å². The number of benzene rings is 2. The Morgan fingerprint density at radius 1 is 1.21 bits per heavy atom. The van der Waals surface area contributed by atoms with Crippen LogP contribution in [0, 0.1) is 11.8 Å². The van der Waals surface area contributed by atoms with Gasteiger partial charge in [0.2, 0.25) is 0 Å². The van der Waals surface area contributed by atoms with Crippen molar-refractivity contribution in [2.45, 2.75) is 45.4 Å². The standard InChI is InChI=1S/C27H26BrNO3S/c1-2-4-22(15-27(30)31)21-7-9-24(10-8-21)32-18-20-6-3-5-19(13-20)16-29-12-11-25-23(17-29)14-26(28)33-25/h3,5-10,13-14,22H,11-12,15-18H2,1H3,(H,30,31)/t22-/m0/s1. The number of halogens is 1. The molecule has 0 fully saturated rings. The zero-order valence-corrected chi connectivity index (χ0v) is 20.9. The molecule has 170 valence electrons. The van der Waals surface area contributed by atoms with Crippen molar-refractivity contribution < 1.29 is 14.6 Å². The second-order valence-corrected chi connectivity index (χ2v) is 10.7. The van der Waals surface area contributed by atoms with Gasteiger partial charge in [-0.15, -0.1) is 17.3 Å². The fourth-order valence-electron chi connectivity index (χ4n) is 4.13. The molecule has 0 spiro atoms. The molecule has 1 aliphatic heterocycles. The van der Waals surface area contributed by atoms with Gasteiger partial charge in [0.15, 0.2) is 0 Å². The first kappa shape index (κ1) is 23.6. The highest BCUT2D eigenvalue weighted by molar-refractivity contribution is 9.11. The van der Waals surface area contributed by atoms with Crippen molar-refractivity contribution in [2.24, 2.45) is 0 Å². The summed E-state index contributed by atoms with van der Waals surface area (Å²) in [6.07, 6.45) is 1.11. The van der Waals surface area contributed by atoms with Gasteiger partial charge in [0, 0.05) is 24.5 Å². The Morgan fingerprint density at radius 2 is 2.00 bits per heavy atom. The molecular formula is C27H26BrNO3S. The molecule has 3 aromatic rings. The third-order valence-electron chi connectivity index (χ3n) is 5.70. The van der Waals surface area contributed by atoms with Gasteiger partial charge in [0.05, 0.1) is 16.1 Å². The zero-order valence-electron chi connectivity index (χ0n) is 18.5. The number of carbonyl (C=O) groups is 1. The first-order chi connectivity index (χ1) is 16.0. The van der Waals surface area contributed by atoms with Gasteiger partial charge < -0.3 is 9.84 Å². The van der Waals surface area contributed by atoms with Gasteiger partial charge in [-0.05, 0) is 69.7 Å². The van der Waals surface area contributed by atoms with Crippen LogP contribution in [0.1, 0.15) is 46.4 Å². The monoisotopic (exact) mass is 523 g/mol. The molecule has 1 N–H and O–H groups in total. The van der Waals surface area contributed by atoms with Gasteiger partial charge in [0.1, 0.15) is 12.4 Å². The summed E-state index contributed by atoms with van der Waals surface area (Å²) < 4.78 is 7.21. The molecule has 6 heteroatoms. The van der Waals surface area contributed by atoms with Gasteiger partial charge in [0.25, 0.3) is 0 Å². The minimum Gasteiger partial charge on any atom is -0.489 e. The highest BCUT2D eigenvalue weighted by Crippen LogP contribution is 2.32. The molecule has 1 aromatic heterocycles. The van der Waals surface area contributed by atoms with Crippen LogP contribution in [0.25, 0.3) is 0 Å². The fraction of sp³-hybridized carbons (Fsp3) is 0.296. The molecule has 2 aromatic carbocycles. The van der Waals surface area contributed by atoms with Crippen molar-refractivity contribution in [3.8, 4) is 17.6 Å². The summed E-state index contributed by atoms with van der Waals surface area (Å²) in [4.78, 5) is 15.1. The number of carboxylic acid groups (broad SMARTS) is 1. The van der Waals surface area contributed by atoms with Gasteiger partial charge in [-0.25, -0.2) is 0 Å². The molecule has 4 rings (SSSR count). The van der Waals surface area contributed by atoms with Crippen molar-refractivity contribution in [3.63, 3.8) is 0 Å². The molecule has 1 atom stereocenters. The third-order valence-corrected chi connectivity index (χ3v) is 7.44. The van der Waals surface area contributed by atoms with Crippen LogP contribution in [0.5, 0.6) is 5.75 Å². The second-order valence-electron chi connectivity index (χ2n) is 8.18. The van der Waals surface area contributed by atoms with E-state index >= 15 is 0 Å². The van der Waals surface area contributed by atoms with Crippen molar-refractivity contribution in [1.29, 1.82) is 0 Å². The van der Waals surface area contributed by atoms with Crippen LogP contribution in [0.2, 0.25) is 0 Å². The van der Waals surface area contributed by atoms with E-state index in [2.05, 4.69) is 63.0 Å². The zero-order chi connectivity index (χ0) is 23.2. The molecule has 0 amide bonds. The number of ether oxygens (including phenoxy) is 1. The average molecular weight is 524 g/mol.